The summed E-state index contributed by atoms with van der Waals surface area (Å²) >= 11 is 5.87. The first-order valence-electron chi connectivity index (χ1n) is 5.81. The van der Waals surface area contributed by atoms with Gasteiger partial charge in [0.15, 0.2) is 5.43 Å². The zero-order valence-corrected chi connectivity index (χ0v) is 10.9. The molecule has 1 aromatic carbocycles. The molecule has 0 saturated carbocycles. The number of aromatic amines is 1. The van der Waals surface area contributed by atoms with E-state index >= 15 is 0 Å². The standard InChI is InChI=1S/C14H13ClN2O2/c15-8-12(10-4-2-1-3-5-10)17-14(19)11-9-16-7-6-13(11)18/h1-7,9,12H,8H2,(H,16,18)(H,17,19). The van der Waals surface area contributed by atoms with Gasteiger partial charge in [-0.15, -0.1) is 11.6 Å². The normalized spacial score (nSPS) is 11.8. The summed E-state index contributed by atoms with van der Waals surface area (Å²) in [4.78, 5) is 26.3. The van der Waals surface area contributed by atoms with Crippen molar-refractivity contribution < 1.29 is 4.79 Å². The second-order valence-corrected chi connectivity index (χ2v) is 4.32. The van der Waals surface area contributed by atoms with E-state index in [2.05, 4.69) is 10.3 Å². The zero-order valence-electron chi connectivity index (χ0n) is 10.1. The second kappa shape index (κ2) is 6.20. The highest BCUT2D eigenvalue weighted by atomic mass is 35.5. The van der Waals surface area contributed by atoms with E-state index in [9.17, 15) is 9.59 Å². The number of carbonyl (C=O) groups is 1. The van der Waals surface area contributed by atoms with Crippen molar-refractivity contribution in [1.82, 2.24) is 10.3 Å². The Balaban J connectivity index is 2.18. The maximum Gasteiger partial charge on any atom is 0.257 e. The van der Waals surface area contributed by atoms with E-state index in [0.29, 0.717) is 0 Å². The van der Waals surface area contributed by atoms with E-state index in [0.717, 1.165) is 5.56 Å². The zero-order chi connectivity index (χ0) is 13.7. The third kappa shape index (κ3) is 3.23. The van der Waals surface area contributed by atoms with Crippen LogP contribution in [0.5, 0.6) is 0 Å². The lowest BCUT2D eigenvalue weighted by molar-refractivity contribution is 0.0939. The van der Waals surface area contributed by atoms with Crippen LogP contribution in [0.3, 0.4) is 0 Å². The molecule has 1 aromatic heterocycles. The fraction of sp³-hybridized carbons (Fsp3) is 0.143. The molecule has 2 rings (SSSR count). The molecule has 0 saturated heterocycles. The van der Waals surface area contributed by atoms with Crippen LogP contribution in [0.1, 0.15) is 22.0 Å². The highest BCUT2D eigenvalue weighted by Gasteiger charge is 2.16. The molecule has 1 unspecified atom stereocenters. The number of hydrogen-bond donors (Lipinski definition) is 2. The maximum atomic E-state index is 12.0. The number of nitrogens with one attached hydrogen (secondary N) is 2. The largest absolute Gasteiger partial charge is 0.367 e. The van der Waals surface area contributed by atoms with Crippen LogP contribution in [0.4, 0.5) is 0 Å². The van der Waals surface area contributed by atoms with Gasteiger partial charge in [-0.25, -0.2) is 0 Å². The van der Waals surface area contributed by atoms with Crippen molar-refractivity contribution in [1.29, 1.82) is 0 Å². The monoisotopic (exact) mass is 276 g/mol. The molecule has 19 heavy (non-hydrogen) atoms. The number of H-pyrrole nitrogens is 1. The molecule has 0 radical (unpaired) electrons. The maximum absolute atomic E-state index is 12.0. The summed E-state index contributed by atoms with van der Waals surface area (Å²) in [6.45, 7) is 0. The number of amides is 1. The quantitative estimate of drug-likeness (QED) is 0.840. The van der Waals surface area contributed by atoms with Crippen molar-refractivity contribution in [2.24, 2.45) is 0 Å². The van der Waals surface area contributed by atoms with Crippen molar-refractivity contribution in [2.75, 3.05) is 5.88 Å². The Bertz CT molecular complexity index is 610. The minimum absolute atomic E-state index is 0.0774. The predicted molar refractivity (Wildman–Crippen MR) is 74.4 cm³/mol. The Kier molecular flexibility index (Phi) is 4.36. The first kappa shape index (κ1) is 13.4. The molecule has 0 aliphatic heterocycles. The van der Waals surface area contributed by atoms with Crippen molar-refractivity contribution in [3.05, 3.63) is 70.1 Å². The smallest absolute Gasteiger partial charge is 0.257 e. The number of rotatable bonds is 4. The molecule has 0 spiro atoms. The summed E-state index contributed by atoms with van der Waals surface area (Å²) in [5.41, 5.74) is 0.657. The Hall–Kier alpha value is -2.07. The first-order valence-corrected chi connectivity index (χ1v) is 6.34. The van der Waals surface area contributed by atoms with Gasteiger partial charge in [-0.05, 0) is 5.56 Å². The molecule has 0 aliphatic carbocycles. The van der Waals surface area contributed by atoms with Crippen LogP contribution in [0, 0.1) is 0 Å². The molecule has 2 aromatic rings. The van der Waals surface area contributed by atoms with Gasteiger partial charge < -0.3 is 10.3 Å². The summed E-state index contributed by atoms with van der Waals surface area (Å²) in [7, 11) is 0. The molecular formula is C14H13ClN2O2. The lowest BCUT2D eigenvalue weighted by Gasteiger charge is -2.16. The fourth-order valence-corrected chi connectivity index (χ4v) is 1.98. The molecule has 0 bridgehead atoms. The molecule has 0 fully saturated rings. The Labute approximate surface area is 115 Å². The van der Waals surface area contributed by atoms with Crippen LogP contribution < -0.4 is 10.7 Å². The second-order valence-electron chi connectivity index (χ2n) is 4.01. The van der Waals surface area contributed by atoms with Crippen molar-refractivity contribution in [2.45, 2.75) is 6.04 Å². The van der Waals surface area contributed by atoms with Crippen molar-refractivity contribution >= 4 is 17.5 Å². The van der Waals surface area contributed by atoms with Crippen LogP contribution >= 0.6 is 11.6 Å². The first-order chi connectivity index (χ1) is 9.22. The van der Waals surface area contributed by atoms with Crippen molar-refractivity contribution in [3.63, 3.8) is 0 Å². The van der Waals surface area contributed by atoms with E-state index in [4.69, 9.17) is 11.6 Å². The summed E-state index contributed by atoms with van der Waals surface area (Å²) in [6, 6.07) is 10.4. The van der Waals surface area contributed by atoms with Gasteiger partial charge in [0.05, 0.1) is 6.04 Å². The highest BCUT2D eigenvalue weighted by Crippen LogP contribution is 2.14. The number of alkyl halides is 1. The number of benzene rings is 1. The number of hydrogen-bond acceptors (Lipinski definition) is 2. The average molecular weight is 277 g/mol. The van der Waals surface area contributed by atoms with Crippen LogP contribution in [0.2, 0.25) is 0 Å². The van der Waals surface area contributed by atoms with Crippen molar-refractivity contribution in [3.8, 4) is 0 Å². The summed E-state index contributed by atoms with van der Waals surface area (Å²) in [5, 5.41) is 2.75. The lowest BCUT2D eigenvalue weighted by atomic mass is 10.1. The molecule has 98 valence electrons. The van der Waals surface area contributed by atoms with E-state index in [1.165, 1.54) is 18.5 Å². The number of aromatic nitrogens is 1. The molecule has 1 atom stereocenters. The van der Waals surface area contributed by atoms with Crippen LogP contribution in [-0.4, -0.2) is 16.8 Å². The van der Waals surface area contributed by atoms with Gasteiger partial charge in [0.25, 0.3) is 5.91 Å². The van der Waals surface area contributed by atoms with Gasteiger partial charge in [-0.2, -0.15) is 0 Å². The molecule has 4 nitrogen and oxygen atoms in total. The van der Waals surface area contributed by atoms with Gasteiger partial charge in [-0.1, -0.05) is 30.3 Å². The minimum Gasteiger partial charge on any atom is -0.367 e. The Morgan fingerprint density at radius 3 is 2.63 bits per heavy atom. The third-order valence-electron chi connectivity index (χ3n) is 2.73. The van der Waals surface area contributed by atoms with Gasteiger partial charge >= 0.3 is 0 Å². The van der Waals surface area contributed by atoms with Crippen LogP contribution in [0.15, 0.2) is 53.6 Å². The third-order valence-corrected chi connectivity index (χ3v) is 3.04. The predicted octanol–water partition coefficient (Wildman–Crippen LogP) is 2.08. The van der Waals surface area contributed by atoms with E-state index in [1.807, 2.05) is 30.3 Å². The summed E-state index contributed by atoms with van der Waals surface area (Å²) < 4.78 is 0. The molecule has 2 N–H and O–H groups in total. The Morgan fingerprint density at radius 2 is 2.00 bits per heavy atom. The number of halogens is 1. The lowest BCUT2D eigenvalue weighted by Crippen LogP contribution is -2.32. The molecule has 1 amide bonds. The van der Waals surface area contributed by atoms with Gasteiger partial charge in [0.1, 0.15) is 5.56 Å². The molecule has 5 heteroatoms. The fourth-order valence-electron chi connectivity index (χ4n) is 1.73. The minimum atomic E-state index is -0.434. The Morgan fingerprint density at radius 1 is 1.26 bits per heavy atom. The average Bonchev–Trinajstić information content (AvgIpc) is 2.46. The highest BCUT2D eigenvalue weighted by molar-refractivity contribution is 6.18. The van der Waals surface area contributed by atoms with Crippen LogP contribution in [0.25, 0.3) is 0 Å². The number of carbonyl (C=O) groups excluding carboxylic acids is 1. The summed E-state index contributed by atoms with van der Waals surface area (Å²) in [6.07, 6.45) is 2.86. The van der Waals surface area contributed by atoms with Gasteiger partial charge in [0.2, 0.25) is 0 Å². The van der Waals surface area contributed by atoms with E-state index in [1.54, 1.807) is 0 Å². The van der Waals surface area contributed by atoms with E-state index in [-0.39, 0.29) is 22.9 Å². The summed E-state index contributed by atoms with van der Waals surface area (Å²) in [5.74, 6) is -0.197. The topological polar surface area (TPSA) is 62.0 Å². The SMILES string of the molecule is O=C(NC(CCl)c1ccccc1)c1c[nH]ccc1=O. The van der Waals surface area contributed by atoms with Crippen LogP contribution in [-0.2, 0) is 0 Å². The molecular weight excluding hydrogens is 264 g/mol. The van der Waals surface area contributed by atoms with Gasteiger partial charge in [0, 0.05) is 24.3 Å². The van der Waals surface area contributed by atoms with E-state index < -0.39 is 5.91 Å². The molecule has 0 aliphatic rings. The van der Waals surface area contributed by atoms with Gasteiger partial charge in [-0.3, -0.25) is 9.59 Å². The number of pyridine rings is 1. The molecule has 1 heterocycles.